The quantitative estimate of drug-likeness (QED) is 0.305. The first-order chi connectivity index (χ1) is 15.6. The van der Waals surface area contributed by atoms with Gasteiger partial charge in [0, 0.05) is 31.5 Å². The van der Waals surface area contributed by atoms with Gasteiger partial charge in [-0.15, -0.1) is 12.4 Å². The molecule has 0 radical (unpaired) electrons. The zero-order chi connectivity index (χ0) is 22.6. The van der Waals surface area contributed by atoms with E-state index in [1.807, 2.05) is 12.1 Å². The van der Waals surface area contributed by atoms with Crippen LogP contribution in [-0.2, 0) is 17.8 Å². The van der Waals surface area contributed by atoms with Crippen LogP contribution in [0.5, 0.6) is 0 Å². The number of ether oxygens (including phenoxy) is 1. The summed E-state index contributed by atoms with van der Waals surface area (Å²) in [6.07, 6.45) is 6.57. The first kappa shape index (κ1) is 27.2. The third-order valence-corrected chi connectivity index (χ3v) is 5.50. The molecule has 11 heteroatoms. The lowest BCUT2D eigenvalue weighted by atomic mass is 10.1. The van der Waals surface area contributed by atoms with E-state index in [4.69, 9.17) is 16.2 Å². The molecule has 2 aromatic rings. The van der Waals surface area contributed by atoms with Gasteiger partial charge >= 0.3 is 5.69 Å². The number of nitrogens with one attached hydrogen (secondary N) is 2. The molecule has 0 unspecified atom stereocenters. The molecule has 0 spiro atoms. The zero-order valence-corrected chi connectivity index (χ0v) is 19.9. The number of nitrogens with two attached hydrogens (primary N) is 2. The maximum absolute atomic E-state index is 12.3. The number of aromatic nitrogens is 3. The maximum atomic E-state index is 12.3. The van der Waals surface area contributed by atoms with Crippen LogP contribution in [0.25, 0.3) is 0 Å². The summed E-state index contributed by atoms with van der Waals surface area (Å²) < 4.78 is 7.25. The summed E-state index contributed by atoms with van der Waals surface area (Å²) >= 11 is 0. The largest absolute Gasteiger partial charge is 0.378 e. The number of rotatable bonds is 13. The molecule has 10 nitrogen and oxygen atoms in total. The molecule has 1 fully saturated rings. The molecule has 0 amide bonds. The lowest BCUT2D eigenvalue weighted by molar-refractivity contribution is 0.0886. The van der Waals surface area contributed by atoms with Crippen molar-refractivity contribution in [3.05, 3.63) is 46.6 Å². The third-order valence-electron chi connectivity index (χ3n) is 5.50. The van der Waals surface area contributed by atoms with E-state index in [0.29, 0.717) is 44.0 Å². The molecule has 0 aliphatic carbocycles. The van der Waals surface area contributed by atoms with Crippen LogP contribution in [0.1, 0.15) is 24.8 Å². The van der Waals surface area contributed by atoms with Gasteiger partial charge in [0.05, 0.1) is 19.8 Å². The molecule has 1 aliphatic heterocycles. The number of likely N-dealkylation sites (tertiary alicyclic amines) is 1. The Hall–Kier alpha value is -2.08. The number of piperidine rings is 1. The number of halogens is 1. The second kappa shape index (κ2) is 14.9. The van der Waals surface area contributed by atoms with Gasteiger partial charge in [-0.2, -0.15) is 4.98 Å². The Kier molecular flexibility index (Phi) is 12.3. The summed E-state index contributed by atoms with van der Waals surface area (Å²) in [7, 11) is 0. The third kappa shape index (κ3) is 9.75. The molecular weight excluding hydrogens is 444 g/mol. The fourth-order valence-corrected chi connectivity index (χ4v) is 3.50. The van der Waals surface area contributed by atoms with Crippen LogP contribution in [0.2, 0.25) is 0 Å². The summed E-state index contributed by atoms with van der Waals surface area (Å²) in [5.41, 5.74) is 12.2. The Morgan fingerprint density at radius 3 is 2.61 bits per heavy atom. The average molecular weight is 481 g/mol. The zero-order valence-electron chi connectivity index (χ0n) is 19.1. The Bertz CT molecular complexity index is 856. The van der Waals surface area contributed by atoms with Gasteiger partial charge in [-0.1, -0.05) is 6.07 Å². The van der Waals surface area contributed by atoms with E-state index in [9.17, 15) is 4.79 Å². The van der Waals surface area contributed by atoms with E-state index in [1.165, 1.54) is 0 Å². The molecule has 0 saturated carbocycles. The predicted octanol–water partition coefficient (Wildman–Crippen LogP) is 0.682. The molecule has 184 valence electrons. The minimum absolute atomic E-state index is 0. The van der Waals surface area contributed by atoms with Gasteiger partial charge in [0.1, 0.15) is 11.6 Å². The Morgan fingerprint density at radius 1 is 1.12 bits per heavy atom. The minimum atomic E-state index is -0.315. The molecule has 33 heavy (non-hydrogen) atoms. The number of nitrogens with zero attached hydrogens (tertiary/aromatic N) is 4. The number of hydrogen-bond donors (Lipinski definition) is 4. The van der Waals surface area contributed by atoms with Gasteiger partial charge in [0.25, 0.3) is 0 Å². The molecule has 1 saturated heterocycles. The molecule has 6 N–H and O–H groups in total. The summed E-state index contributed by atoms with van der Waals surface area (Å²) in [6.45, 7) is 6.88. The monoisotopic (exact) mass is 480 g/mol. The van der Waals surface area contributed by atoms with Crippen LogP contribution in [0.4, 0.5) is 11.6 Å². The van der Waals surface area contributed by atoms with Crippen LogP contribution in [0.3, 0.4) is 0 Å². The molecule has 0 atom stereocenters. The Balaban J connectivity index is 0.00000385. The molecule has 3 heterocycles. The van der Waals surface area contributed by atoms with E-state index >= 15 is 0 Å². The van der Waals surface area contributed by atoms with Crippen molar-refractivity contribution in [3.8, 4) is 0 Å². The van der Waals surface area contributed by atoms with Crippen molar-refractivity contribution >= 4 is 24.0 Å². The lowest BCUT2D eigenvalue weighted by Crippen LogP contribution is -2.41. The summed E-state index contributed by atoms with van der Waals surface area (Å²) in [4.78, 5) is 23.1. The van der Waals surface area contributed by atoms with Crippen molar-refractivity contribution in [1.29, 1.82) is 0 Å². The Labute approximate surface area is 201 Å². The van der Waals surface area contributed by atoms with Crippen molar-refractivity contribution in [2.75, 3.05) is 51.3 Å². The Morgan fingerprint density at radius 2 is 1.91 bits per heavy atom. The minimum Gasteiger partial charge on any atom is -0.378 e. The lowest BCUT2D eigenvalue weighted by Gasteiger charge is -2.29. The van der Waals surface area contributed by atoms with Gasteiger partial charge in [-0.3, -0.25) is 4.57 Å². The maximum Gasteiger partial charge on any atom is 0.349 e. The molecular formula is C22H37ClN8O2. The van der Waals surface area contributed by atoms with E-state index in [2.05, 4.69) is 25.5 Å². The fraction of sp³-hybridized carbons (Fsp3) is 0.591. The summed E-state index contributed by atoms with van der Waals surface area (Å²) in [5.74, 6) is 1.11. The van der Waals surface area contributed by atoms with E-state index in [-0.39, 0.29) is 18.1 Å². The van der Waals surface area contributed by atoms with Crippen molar-refractivity contribution in [2.45, 2.75) is 38.4 Å². The molecule has 2 aromatic heterocycles. The number of pyridine rings is 1. The van der Waals surface area contributed by atoms with Gasteiger partial charge in [-0.25, -0.2) is 9.78 Å². The summed E-state index contributed by atoms with van der Waals surface area (Å²) in [5, 5.41) is 6.39. The van der Waals surface area contributed by atoms with Crippen LogP contribution in [-0.4, -0.2) is 71.4 Å². The highest BCUT2D eigenvalue weighted by molar-refractivity contribution is 5.85. The first-order valence-corrected chi connectivity index (χ1v) is 11.4. The summed E-state index contributed by atoms with van der Waals surface area (Å²) in [6, 6.07) is 5.97. The van der Waals surface area contributed by atoms with Gasteiger partial charge in [0.15, 0.2) is 0 Å². The van der Waals surface area contributed by atoms with Crippen LogP contribution < -0.4 is 27.8 Å². The van der Waals surface area contributed by atoms with Crippen molar-refractivity contribution in [2.24, 2.45) is 11.5 Å². The van der Waals surface area contributed by atoms with Crippen molar-refractivity contribution in [3.63, 3.8) is 0 Å². The van der Waals surface area contributed by atoms with Gasteiger partial charge in [-0.05, 0) is 63.1 Å². The fourth-order valence-electron chi connectivity index (χ4n) is 3.50. The predicted molar refractivity (Wildman–Crippen MR) is 133 cm³/mol. The van der Waals surface area contributed by atoms with Crippen LogP contribution >= 0.6 is 12.4 Å². The molecule has 3 rings (SSSR count). The van der Waals surface area contributed by atoms with Crippen molar-refractivity contribution < 1.29 is 4.74 Å². The molecule has 0 bridgehead atoms. The smallest absolute Gasteiger partial charge is 0.349 e. The average Bonchev–Trinajstić information content (AvgIpc) is 2.80. The van der Waals surface area contributed by atoms with Gasteiger partial charge < -0.3 is 31.7 Å². The first-order valence-electron chi connectivity index (χ1n) is 11.4. The topological polar surface area (TPSA) is 136 Å². The van der Waals surface area contributed by atoms with E-state index in [0.717, 1.165) is 57.5 Å². The standard InChI is InChI=1S/C22H36N8O2.ClH/c23-7-1-8-25-16-18-2-3-20(26-17-18)27-21-6-11-30(22(31)28-21)13-15-32-14-12-29-9-4-19(24)5-10-29;/h2-3,6,11,17,19,25H,1,4-5,7-10,12-16,23-24H2,(H,26,27,28,31);1H. The molecule has 0 aromatic carbocycles. The normalized spacial score (nSPS) is 14.7. The highest BCUT2D eigenvalue weighted by Gasteiger charge is 2.15. The van der Waals surface area contributed by atoms with E-state index < -0.39 is 0 Å². The SMILES string of the molecule is Cl.NCCCNCc1ccc(Nc2ccn(CCOCCN3CCC(N)CC3)c(=O)n2)nc1. The second-order valence-electron chi connectivity index (χ2n) is 8.08. The highest BCUT2D eigenvalue weighted by atomic mass is 35.5. The van der Waals surface area contributed by atoms with E-state index in [1.54, 1.807) is 23.0 Å². The van der Waals surface area contributed by atoms with Crippen LogP contribution in [0.15, 0.2) is 35.4 Å². The highest BCUT2D eigenvalue weighted by Crippen LogP contribution is 2.11. The van der Waals surface area contributed by atoms with Crippen LogP contribution in [0, 0.1) is 0 Å². The van der Waals surface area contributed by atoms with Gasteiger partial charge in [0.2, 0.25) is 0 Å². The number of hydrogen-bond acceptors (Lipinski definition) is 9. The van der Waals surface area contributed by atoms with Crippen molar-refractivity contribution in [1.82, 2.24) is 24.8 Å². The number of anilines is 2. The molecule has 1 aliphatic rings. The second-order valence-corrected chi connectivity index (χ2v) is 8.08.